The van der Waals surface area contributed by atoms with E-state index in [2.05, 4.69) is 4.98 Å². The third-order valence-corrected chi connectivity index (χ3v) is 3.68. The number of benzene rings is 1. The zero-order valence-electron chi connectivity index (χ0n) is 13.4. The van der Waals surface area contributed by atoms with E-state index >= 15 is 0 Å². The van der Waals surface area contributed by atoms with Crippen LogP contribution in [0.25, 0.3) is 0 Å². The predicted octanol–water partition coefficient (Wildman–Crippen LogP) is 3.12. The molecular formula is C18H20N2O3. The molecule has 1 amide bonds. The first-order valence-corrected chi connectivity index (χ1v) is 7.65. The van der Waals surface area contributed by atoms with Crippen molar-refractivity contribution in [3.8, 4) is 11.5 Å². The number of pyridine rings is 1. The lowest BCUT2D eigenvalue weighted by molar-refractivity contribution is -0.0764. The second-order valence-corrected chi connectivity index (χ2v) is 6.15. The summed E-state index contributed by atoms with van der Waals surface area (Å²) in [5, 5.41) is 0. The average molecular weight is 312 g/mol. The summed E-state index contributed by atoms with van der Waals surface area (Å²) in [6, 6.07) is 10.8. The van der Waals surface area contributed by atoms with Crippen LogP contribution in [0.3, 0.4) is 0 Å². The number of hydrogen-bond donors (Lipinski definition) is 0. The quantitative estimate of drug-likeness (QED) is 0.874. The van der Waals surface area contributed by atoms with Gasteiger partial charge in [-0.25, -0.2) is 0 Å². The molecule has 1 aliphatic rings. The van der Waals surface area contributed by atoms with E-state index in [0.29, 0.717) is 36.8 Å². The minimum absolute atomic E-state index is 0.0225. The molecule has 1 aromatic carbocycles. The van der Waals surface area contributed by atoms with Crippen LogP contribution in [-0.4, -0.2) is 41.1 Å². The van der Waals surface area contributed by atoms with Gasteiger partial charge in [0.2, 0.25) is 0 Å². The summed E-state index contributed by atoms with van der Waals surface area (Å²) in [5.41, 5.74) is 0.360. The van der Waals surface area contributed by atoms with E-state index in [-0.39, 0.29) is 11.5 Å². The molecule has 1 aromatic heterocycles. The van der Waals surface area contributed by atoms with Crippen molar-refractivity contribution in [1.82, 2.24) is 9.88 Å². The molecule has 0 N–H and O–H groups in total. The minimum atomic E-state index is -0.294. The van der Waals surface area contributed by atoms with Crippen molar-refractivity contribution in [2.24, 2.45) is 0 Å². The number of carbonyl (C=O) groups is 1. The van der Waals surface area contributed by atoms with E-state index in [1.807, 2.05) is 30.9 Å². The lowest BCUT2D eigenvalue weighted by Gasteiger charge is -2.38. The molecule has 0 radical (unpaired) electrons. The first-order valence-electron chi connectivity index (χ1n) is 7.65. The van der Waals surface area contributed by atoms with E-state index in [1.54, 1.807) is 36.7 Å². The maximum Gasteiger partial charge on any atom is 0.254 e. The lowest BCUT2D eigenvalue weighted by Crippen LogP contribution is -2.50. The molecule has 120 valence electrons. The van der Waals surface area contributed by atoms with Crippen molar-refractivity contribution < 1.29 is 14.3 Å². The molecule has 2 heterocycles. The second kappa shape index (κ2) is 6.38. The Morgan fingerprint density at radius 1 is 1.22 bits per heavy atom. The zero-order valence-corrected chi connectivity index (χ0v) is 13.4. The van der Waals surface area contributed by atoms with Gasteiger partial charge in [0.25, 0.3) is 5.91 Å². The molecule has 0 saturated carbocycles. The number of morpholine rings is 1. The summed E-state index contributed by atoms with van der Waals surface area (Å²) >= 11 is 0. The largest absolute Gasteiger partial charge is 0.456 e. The molecule has 1 fully saturated rings. The Bertz CT molecular complexity index is 668. The highest BCUT2D eigenvalue weighted by molar-refractivity contribution is 5.94. The van der Waals surface area contributed by atoms with Crippen LogP contribution in [0.1, 0.15) is 24.2 Å². The van der Waals surface area contributed by atoms with E-state index < -0.39 is 0 Å². The van der Waals surface area contributed by atoms with Crippen LogP contribution in [-0.2, 0) is 4.74 Å². The van der Waals surface area contributed by atoms with Crippen molar-refractivity contribution in [3.05, 3.63) is 54.4 Å². The normalized spacial score (nSPS) is 16.9. The maximum atomic E-state index is 12.6. The van der Waals surface area contributed by atoms with Gasteiger partial charge in [-0.3, -0.25) is 9.78 Å². The summed E-state index contributed by atoms with van der Waals surface area (Å²) in [5.74, 6) is 1.37. The molecular weight excluding hydrogens is 292 g/mol. The van der Waals surface area contributed by atoms with Crippen molar-refractivity contribution in [2.75, 3.05) is 19.7 Å². The fraction of sp³-hybridized carbons (Fsp3) is 0.333. The van der Waals surface area contributed by atoms with E-state index in [1.165, 1.54) is 0 Å². The minimum Gasteiger partial charge on any atom is -0.456 e. The molecule has 5 heteroatoms. The third-order valence-electron chi connectivity index (χ3n) is 3.68. The first kappa shape index (κ1) is 15.5. The topological polar surface area (TPSA) is 51.7 Å². The highest BCUT2D eigenvalue weighted by Crippen LogP contribution is 2.22. The highest BCUT2D eigenvalue weighted by atomic mass is 16.5. The molecule has 0 spiro atoms. The number of ether oxygens (including phenoxy) is 2. The number of nitrogens with zero attached hydrogens (tertiary/aromatic N) is 2. The predicted molar refractivity (Wildman–Crippen MR) is 86.7 cm³/mol. The Kier molecular flexibility index (Phi) is 4.30. The Hall–Kier alpha value is -2.40. The second-order valence-electron chi connectivity index (χ2n) is 6.15. The summed E-state index contributed by atoms with van der Waals surface area (Å²) in [7, 11) is 0. The van der Waals surface area contributed by atoms with Gasteiger partial charge in [-0.15, -0.1) is 0 Å². The summed E-state index contributed by atoms with van der Waals surface area (Å²) < 4.78 is 11.3. The first-order chi connectivity index (χ1) is 11.0. The van der Waals surface area contributed by atoms with Gasteiger partial charge in [-0.1, -0.05) is 0 Å². The Morgan fingerprint density at radius 2 is 2.00 bits per heavy atom. The molecule has 2 aromatic rings. The Labute approximate surface area is 135 Å². The number of hydrogen-bond acceptors (Lipinski definition) is 4. The van der Waals surface area contributed by atoms with Gasteiger partial charge in [-0.2, -0.15) is 0 Å². The molecule has 0 aliphatic carbocycles. The van der Waals surface area contributed by atoms with E-state index in [9.17, 15) is 4.79 Å². The van der Waals surface area contributed by atoms with Gasteiger partial charge in [0, 0.05) is 24.8 Å². The Balaban J connectivity index is 1.68. The van der Waals surface area contributed by atoms with Gasteiger partial charge < -0.3 is 14.4 Å². The van der Waals surface area contributed by atoms with Crippen molar-refractivity contribution >= 4 is 5.91 Å². The average Bonchev–Trinajstić information content (AvgIpc) is 2.55. The SMILES string of the molecule is CC1(C)CN(C(=O)c2ccc(Oc3cccnc3)cc2)CCO1. The summed E-state index contributed by atoms with van der Waals surface area (Å²) in [6.45, 7) is 5.78. The van der Waals surface area contributed by atoms with Crippen LogP contribution in [0.4, 0.5) is 0 Å². The van der Waals surface area contributed by atoms with E-state index in [4.69, 9.17) is 9.47 Å². The third kappa shape index (κ3) is 3.87. The number of amides is 1. The van der Waals surface area contributed by atoms with Crippen molar-refractivity contribution in [2.45, 2.75) is 19.4 Å². The van der Waals surface area contributed by atoms with Gasteiger partial charge in [0.1, 0.15) is 11.5 Å². The molecule has 1 aliphatic heterocycles. The van der Waals surface area contributed by atoms with Gasteiger partial charge in [0.15, 0.2) is 0 Å². The lowest BCUT2D eigenvalue weighted by atomic mass is 10.1. The molecule has 3 rings (SSSR count). The fourth-order valence-electron chi connectivity index (χ4n) is 2.58. The van der Waals surface area contributed by atoms with Crippen LogP contribution in [0.15, 0.2) is 48.8 Å². The van der Waals surface area contributed by atoms with Crippen LogP contribution in [0.5, 0.6) is 11.5 Å². The van der Waals surface area contributed by atoms with Crippen LogP contribution in [0, 0.1) is 0 Å². The monoisotopic (exact) mass is 312 g/mol. The van der Waals surface area contributed by atoms with Gasteiger partial charge >= 0.3 is 0 Å². The molecule has 0 atom stereocenters. The zero-order chi connectivity index (χ0) is 16.3. The molecule has 0 bridgehead atoms. The molecule has 5 nitrogen and oxygen atoms in total. The van der Waals surface area contributed by atoms with Crippen molar-refractivity contribution in [3.63, 3.8) is 0 Å². The fourth-order valence-corrected chi connectivity index (χ4v) is 2.58. The Morgan fingerprint density at radius 3 is 2.65 bits per heavy atom. The summed E-state index contributed by atoms with van der Waals surface area (Å²) in [6.07, 6.45) is 3.34. The molecule has 0 unspecified atom stereocenters. The number of aromatic nitrogens is 1. The van der Waals surface area contributed by atoms with Crippen LogP contribution < -0.4 is 4.74 Å². The van der Waals surface area contributed by atoms with Crippen LogP contribution in [0.2, 0.25) is 0 Å². The smallest absolute Gasteiger partial charge is 0.254 e. The summed E-state index contributed by atoms with van der Waals surface area (Å²) in [4.78, 5) is 18.4. The number of carbonyl (C=O) groups excluding carboxylic acids is 1. The molecule has 23 heavy (non-hydrogen) atoms. The van der Waals surface area contributed by atoms with E-state index in [0.717, 1.165) is 0 Å². The molecule has 1 saturated heterocycles. The maximum absolute atomic E-state index is 12.6. The van der Waals surface area contributed by atoms with Crippen molar-refractivity contribution in [1.29, 1.82) is 0 Å². The highest BCUT2D eigenvalue weighted by Gasteiger charge is 2.30. The van der Waals surface area contributed by atoms with Gasteiger partial charge in [0.05, 0.1) is 18.4 Å². The number of rotatable bonds is 3. The van der Waals surface area contributed by atoms with Crippen LogP contribution >= 0.6 is 0 Å². The van der Waals surface area contributed by atoms with Gasteiger partial charge in [-0.05, 0) is 50.2 Å². The standard InChI is InChI=1S/C18H20N2O3/c1-18(2)13-20(10-11-22-18)17(21)14-5-7-15(8-6-14)23-16-4-3-9-19-12-16/h3-9,12H,10-11,13H2,1-2H3.